The number of anilines is 1. The maximum absolute atomic E-state index is 4.78. The Bertz CT molecular complexity index is 1000. The van der Waals surface area contributed by atoms with Gasteiger partial charge in [-0.3, -0.25) is 0 Å². The zero-order chi connectivity index (χ0) is 18.5. The van der Waals surface area contributed by atoms with Gasteiger partial charge in [-0.1, -0.05) is 57.5 Å². The van der Waals surface area contributed by atoms with Gasteiger partial charge in [0.2, 0.25) is 12.2 Å². The highest BCUT2D eigenvalue weighted by Crippen LogP contribution is 2.22. The lowest BCUT2D eigenvalue weighted by Crippen LogP contribution is -2.06. The summed E-state index contributed by atoms with van der Waals surface area (Å²) >= 11 is 3.45. The van der Waals surface area contributed by atoms with E-state index in [4.69, 9.17) is 4.52 Å². The minimum Gasteiger partial charge on any atom is -0.370 e. The molecule has 0 bridgehead atoms. The Labute approximate surface area is 164 Å². The minimum absolute atomic E-state index is 0.569. The summed E-state index contributed by atoms with van der Waals surface area (Å²) in [6, 6.07) is 18.1. The molecular weight excluding hydrogens is 406 g/mol. The molecule has 0 unspecified atom stereocenters. The third kappa shape index (κ3) is 4.38. The van der Waals surface area contributed by atoms with E-state index < -0.39 is 0 Å². The molecule has 0 aliphatic carbocycles. The Hall–Kier alpha value is -3.06. The van der Waals surface area contributed by atoms with Gasteiger partial charge in [0.05, 0.1) is 5.69 Å². The summed E-state index contributed by atoms with van der Waals surface area (Å²) in [6.07, 6.45) is 3.82. The molecule has 2 heterocycles. The highest BCUT2D eigenvalue weighted by atomic mass is 79.9. The molecule has 2 aromatic heterocycles. The lowest BCUT2D eigenvalue weighted by Gasteiger charge is -2.08. The summed E-state index contributed by atoms with van der Waals surface area (Å²) in [5, 5.41) is 7.20. The van der Waals surface area contributed by atoms with Gasteiger partial charge in [-0.15, -0.1) is 0 Å². The Kier molecular flexibility index (Phi) is 5.20. The molecule has 27 heavy (non-hydrogen) atoms. The number of halogens is 1. The first kappa shape index (κ1) is 17.4. The van der Waals surface area contributed by atoms with Crippen LogP contribution < -0.4 is 5.32 Å². The van der Waals surface area contributed by atoms with Crippen LogP contribution in [0.15, 0.2) is 76.3 Å². The number of aromatic nitrogens is 4. The Morgan fingerprint density at radius 1 is 0.889 bits per heavy atom. The van der Waals surface area contributed by atoms with Crippen LogP contribution in [-0.4, -0.2) is 26.7 Å². The number of hydrogen-bond donors (Lipinski definition) is 1. The van der Waals surface area contributed by atoms with Crippen molar-refractivity contribution in [1.29, 1.82) is 0 Å². The van der Waals surface area contributed by atoms with Gasteiger partial charge in [-0.2, -0.15) is 4.98 Å². The maximum atomic E-state index is 4.78. The predicted molar refractivity (Wildman–Crippen MR) is 107 cm³/mol. The van der Waals surface area contributed by atoms with Crippen LogP contribution in [-0.2, 0) is 6.42 Å². The van der Waals surface area contributed by atoms with Gasteiger partial charge >= 0.3 is 0 Å². The molecule has 2 aromatic carbocycles. The van der Waals surface area contributed by atoms with Crippen molar-refractivity contribution in [2.75, 3.05) is 11.9 Å². The van der Waals surface area contributed by atoms with Crippen molar-refractivity contribution < 1.29 is 4.52 Å². The summed E-state index contributed by atoms with van der Waals surface area (Å²) in [5.74, 6) is 1.37. The van der Waals surface area contributed by atoms with Crippen LogP contribution in [0, 0.1) is 0 Å². The van der Waals surface area contributed by atoms with Crippen molar-refractivity contribution in [3.63, 3.8) is 0 Å². The lowest BCUT2D eigenvalue weighted by molar-refractivity contribution is 0.419. The van der Waals surface area contributed by atoms with E-state index in [1.807, 2.05) is 30.3 Å². The zero-order valence-corrected chi connectivity index (χ0v) is 15.9. The fraction of sp³-hybridized carbons (Fsp3) is 0.100. The van der Waals surface area contributed by atoms with E-state index in [1.165, 1.54) is 12.0 Å². The predicted octanol–water partition coefficient (Wildman–Crippen LogP) is 4.61. The van der Waals surface area contributed by atoms with Gasteiger partial charge in [0, 0.05) is 28.2 Å². The average Bonchev–Trinajstić information content (AvgIpc) is 3.25. The average molecular weight is 422 g/mol. The molecule has 134 valence electrons. The van der Waals surface area contributed by atoms with E-state index in [0.29, 0.717) is 5.82 Å². The topological polar surface area (TPSA) is 76.7 Å². The largest absolute Gasteiger partial charge is 0.370 e. The van der Waals surface area contributed by atoms with Crippen LogP contribution in [0.2, 0.25) is 0 Å². The van der Waals surface area contributed by atoms with Crippen molar-refractivity contribution in [3.8, 4) is 22.6 Å². The first-order valence-corrected chi connectivity index (χ1v) is 9.25. The van der Waals surface area contributed by atoms with E-state index in [2.05, 4.69) is 65.6 Å². The van der Waals surface area contributed by atoms with E-state index in [9.17, 15) is 0 Å². The summed E-state index contributed by atoms with van der Waals surface area (Å²) in [6.45, 7) is 0.800. The summed E-state index contributed by atoms with van der Waals surface area (Å²) in [4.78, 5) is 12.7. The SMILES string of the molecule is Brc1ccc(CCNc2cc(-c3ccc(-c4ncon4)cc3)ncn2)cc1. The van der Waals surface area contributed by atoms with E-state index in [-0.39, 0.29) is 0 Å². The molecule has 0 aliphatic heterocycles. The molecule has 4 aromatic rings. The first-order valence-electron chi connectivity index (χ1n) is 8.45. The highest BCUT2D eigenvalue weighted by Gasteiger charge is 2.06. The molecule has 6 nitrogen and oxygen atoms in total. The highest BCUT2D eigenvalue weighted by molar-refractivity contribution is 9.10. The van der Waals surface area contributed by atoms with Crippen molar-refractivity contribution >= 4 is 21.7 Å². The molecule has 0 saturated heterocycles. The fourth-order valence-corrected chi connectivity index (χ4v) is 2.95. The second kappa shape index (κ2) is 8.09. The van der Waals surface area contributed by atoms with Crippen molar-refractivity contribution in [1.82, 2.24) is 20.1 Å². The van der Waals surface area contributed by atoms with Crippen LogP contribution in [0.1, 0.15) is 5.56 Å². The Balaban J connectivity index is 1.42. The van der Waals surface area contributed by atoms with Gasteiger partial charge in [0.15, 0.2) is 0 Å². The molecule has 0 aliphatic rings. The van der Waals surface area contributed by atoms with Gasteiger partial charge < -0.3 is 9.84 Å². The molecule has 0 amide bonds. The molecule has 4 rings (SSSR count). The lowest BCUT2D eigenvalue weighted by atomic mass is 10.1. The molecule has 7 heteroatoms. The third-order valence-corrected chi connectivity index (χ3v) is 4.63. The molecule has 0 atom stereocenters. The molecule has 0 spiro atoms. The second-order valence-electron chi connectivity index (χ2n) is 5.92. The quantitative estimate of drug-likeness (QED) is 0.489. The summed E-state index contributed by atoms with van der Waals surface area (Å²) < 4.78 is 5.87. The summed E-state index contributed by atoms with van der Waals surface area (Å²) in [5.41, 5.74) is 4.03. The van der Waals surface area contributed by atoms with Crippen LogP contribution in [0.4, 0.5) is 5.82 Å². The monoisotopic (exact) mass is 421 g/mol. The number of nitrogens with one attached hydrogen (secondary N) is 1. The number of benzene rings is 2. The molecular formula is C20H16BrN5O. The number of rotatable bonds is 6. The van der Waals surface area contributed by atoms with Gasteiger partial charge in [-0.25, -0.2) is 9.97 Å². The number of nitrogens with zero attached hydrogens (tertiary/aromatic N) is 4. The van der Waals surface area contributed by atoms with Crippen LogP contribution in [0.3, 0.4) is 0 Å². The standard InChI is InChI=1S/C20H16BrN5O/c21-17-7-1-14(2-8-17)9-10-22-19-11-18(23-12-24-19)15-3-5-16(6-4-15)20-25-13-27-26-20/h1-8,11-13H,9-10H2,(H,22,23,24). The maximum Gasteiger partial charge on any atom is 0.214 e. The van der Waals surface area contributed by atoms with Crippen LogP contribution >= 0.6 is 15.9 Å². The Morgan fingerprint density at radius 3 is 2.41 bits per heavy atom. The van der Waals surface area contributed by atoms with E-state index in [1.54, 1.807) is 6.33 Å². The normalized spacial score (nSPS) is 10.7. The molecule has 1 N–H and O–H groups in total. The van der Waals surface area contributed by atoms with E-state index in [0.717, 1.165) is 40.1 Å². The summed E-state index contributed by atoms with van der Waals surface area (Å²) in [7, 11) is 0. The second-order valence-corrected chi connectivity index (χ2v) is 6.84. The number of hydrogen-bond acceptors (Lipinski definition) is 6. The van der Waals surface area contributed by atoms with Gasteiger partial charge in [0.1, 0.15) is 12.1 Å². The third-order valence-electron chi connectivity index (χ3n) is 4.10. The minimum atomic E-state index is 0.569. The molecule has 0 radical (unpaired) electrons. The van der Waals surface area contributed by atoms with Crippen molar-refractivity contribution in [3.05, 3.63) is 77.4 Å². The molecule has 0 saturated carbocycles. The first-order chi connectivity index (χ1) is 13.3. The van der Waals surface area contributed by atoms with Crippen molar-refractivity contribution in [2.45, 2.75) is 6.42 Å². The van der Waals surface area contributed by atoms with Crippen LogP contribution in [0.5, 0.6) is 0 Å². The van der Waals surface area contributed by atoms with E-state index >= 15 is 0 Å². The Morgan fingerprint density at radius 2 is 1.67 bits per heavy atom. The zero-order valence-electron chi connectivity index (χ0n) is 14.3. The smallest absolute Gasteiger partial charge is 0.214 e. The fourth-order valence-electron chi connectivity index (χ4n) is 2.69. The van der Waals surface area contributed by atoms with Crippen LogP contribution in [0.25, 0.3) is 22.6 Å². The molecule has 0 fully saturated rings. The van der Waals surface area contributed by atoms with Gasteiger partial charge in [0.25, 0.3) is 0 Å². The van der Waals surface area contributed by atoms with Crippen molar-refractivity contribution in [2.24, 2.45) is 0 Å². The van der Waals surface area contributed by atoms with Gasteiger partial charge in [-0.05, 0) is 24.1 Å².